The van der Waals surface area contributed by atoms with Gasteiger partial charge in [-0.2, -0.15) is 0 Å². The van der Waals surface area contributed by atoms with Crippen LogP contribution in [0.1, 0.15) is 64.7 Å². The summed E-state index contributed by atoms with van der Waals surface area (Å²) in [7, 11) is 0. The summed E-state index contributed by atoms with van der Waals surface area (Å²) >= 11 is 0. The van der Waals surface area contributed by atoms with Gasteiger partial charge < -0.3 is 10.4 Å². The van der Waals surface area contributed by atoms with Gasteiger partial charge >= 0.3 is 0 Å². The van der Waals surface area contributed by atoms with E-state index in [9.17, 15) is 0 Å². The molecule has 1 aliphatic carbocycles. The van der Waals surface area contributed by atoms with Gasteiger partial charge in [0.15, 0.2) is 0 Å². The fourth-order valence-corrected chi connectivity index (χ4v) is 2.67. The molecule has 1 aliphatic rings. The van der Waals surface area contributed by atoms with Crippen LogP contribution in [0.5, 0.6) is 0 Å². The maximum atomic E-state index is 8.68. The summed E-state index contributed by atoms with van der Waals surface area (Å²) in [6.45, 7) is 3.92. The number of hydrogen-bond donors (Lipinski definition) is 2. The van der Waals surface area contributed by atoms with Crippen molar-refractivity contribution in [1.82, 2.24) is 5.32 Å². The zero-order valence-corrected chi connectivity index (χ0v) is 10.9. The van der Waals surface area contributed by atoms with Gasteiger partial charge in [0.2, 0.25) is 0 Å². The number of rotatable bonds is 7. The fourth-order valence-electron chi connectivity index (χ4n) is 2.67. The molecule has 16 heavy (non-hydrogen) atoms. The van der Waals surface area contributed by atoms with Crippen LogP contribution in [0.4, 0.5) is 0 Å². The molecule has 1 rings (SSSR count). The fraction of sp³-hybridized carbons (Fsp3) is 1.00. The second kappa shape index (κ2) is 9.00. The van der Waals surface area contributed by atoms with E-state index in [2.05, 4.69) is 12.2 Å². The summed E-state index contributed by atoms with van der Waals surface area (Å²) in [5.41, 5.74) is 0. The first-order valence-electron chi connectivity index (χ1n) is 7.19. The summed E-state index contributed by atoms with van der Waals surface area (Å²) in [4.78, 5) is 0. The van der Waals surface area contributed by atoms with Crippen LogP contribution in [0.2, 0.25) is 0 Å². The average Bonchev–Trinajstić information content (AvgIpc) is 2.49. The van der Waals surface area contributed by atoms with Crippen LogP contribution >= 0.6 is 0 Å². The second-order valence-corrected chi connectivity index (χ2v) is 5.31. The molecule has 2 heteroatoms. The van der Waals surface area contributed by atoms with Crippen molar-refractivity contribution in [1.29, 1.82) is 0 Å². The Morgan fingerprint density at radius 3 is 2.56 bits per heavy atom. The van der Waals surface area contributed by atoms with Crippen molar-refractivity contribution in [2.45, 2.75) is 70.8 Å². The van der Waals surface area contributed by atoms with Crippen LogP contribution in [0.3, 0.4) is 0 Å². The Morgan fingerprint density at radius 1 is 1.00 bits per heavy atom. The molecule has 0 bridgehead atoms. The molecule has 1 fully saturated rings. The first kappa shape index (κ1) is 14.0. The minimum Gasteiger partial charge on any atom is -0.396 e. The highest BCUT2D eigenvalue weighted by molar-refractivity contribution is 4.76. The van der Waals surface area contributed by atoms with E-state index >= 15 is 0 Å². The number of aliphatic hydroxyl groups is 1. The molecule has 1 saturated carbocycles. The predicted molar refractivity (Wildman–Crippen MR) is 69.6 cm³/mol. The van der Waals surface area contributed by atoms with Crippen LogP contribution in [0.25, 0.3) is 0 Å². The van der Waals surface area contributed by atoms with Crippen LogP contribution < -0.4 is 5.32 Å². The first-order chi connectivity index (χ1) is 7.84. The van der Waals surface area contributed by atoms with Gasteiger partial charge in [-0.3, -0.25) is 0 Å². The number of unbranched alkanes of at least 4 members (excludes halogenated alkanes) is 3. The Balaban J connectivity index is 2.01. The minimum absolute atomic E-state index is 0.354. The molecule has 0 aromatic heterocycles. The Labute approximate surface area is 101 Å². The third-order valence-electron chi connectivity index (χ3n) is 3.85. The molecule has 0 spiro atoms. The van der Waals surface area contributed by atoms with Crippen molar-refractivity contribution in [3.63, 3.8) is 0 Å². The summed E-state index contributed by atoms with van der Waals surface area (Å²) < 4.78 is 0. The van der Waals surface area contributed by atoms with E-state index in [0.29, 0.717) is 6.61 Å². The van der Waals surface area contributed by atoms with Crippen molar-refractivity contribution < 1.29 is 5.11 Å². The SMILES string of the molecule is CC1CCCCCC1NCCCCCCO. The van der Waals surface area contributed by atoms with Gasteiger partial charge in [0, 0.05) is 12.6 Å². The van der Waals surface area contributed by atoms with Crippen molar-refractivity contribution in [2.75, 3.05) is 13.2 Å². The topological polar surface area (TPSA) is 32.3 Å². The molecular weight excluding hydrogens is 198 g/mol. The maximum Gasteiger partial charge on any atom is 0.0431 e. The smallest absolute Gasteiger partial charge is 0.0431 e. The van der Waals surface area contributed by atoms with E-state index in [1.807, 2.05) is 0 Å². The average molecular weight is 227 g/mol. The molecule has 2 nitrogen and oxygen atoms in total. The van der Waals surface area contributed by atoms with Gasteiger partial charge in [-0.25, -0.2) is 0 Å². The van der Waals surface area contributed by atoms with Crippen molar-refractivity contribution in [3.05, 3.63) is 0 Å². The van der Waals surface area contributed by atoms with E-state index < -0.39 is 0 Å². The molecule has 0 aromatic rings. The molecule has 0 saturated heterocycles. The number of nitrogens with one attached hydrogen (secondary N) is 1. The Kier molecular flexibility index (Phi) is 7.87. The highest BCUT2D eigenvalue weighted by Gasteiger charge is 2.18. The third-order valence-corrected chi connectivity index (χ3v) is 3.85. The molecular formula is C14H29NO. The quantitative estimate of drug-likeness (QED) is 0.517. The van der Waals surface area contributed by atoms with E-state index in [-0.39, 0.29) is 0 Å². The standard InChI is InChI=1S/C14H29NO/c1-13-9-5-4-6-10-14(13)15-11-7-2-3-8-12-16/h13-16H,2-12H2,1H3. The Bertz CT molecular complexity index is 161. The number of hydrogen-bond acceptors (Lipinski definition) is 2. The van der Waals surface area contributed by atoms with Crippen LogP contribution in [-0.4, -0.2) is 24.3 Å². The lowest BCUT2D eigenvalue weighted by atomic mass is 9.97. The van der Waals surface area contributed by atoms with Crippen molar-refractivity contribution >= 4 is 0 Å². The Morgan fingerprint density at radius 2 is 1.75 bits per heavy atom. The normalized spacial score (nSPS) is 26.6. The molecule has 2 N–H and O–H groups in total. The van der Waals surface area contributed by atoms with E-state index in [0.717, 1.165) is 18.4 Å². The zero-order valence-electron chi connectivity index (χ0n) is 10.9. The monoisotopic (exact) mass is 227 g/mol. The van der Waals surface area contributed by atoms with Crippen molar-refractivity contribution in [2.24, 2.45) is 5.92 Å². The van der Waals surface area contributed by atoms with Crippen LogP contribution in [-0.2, 0) is 0 Å². The molecule has 0 heterocycles. The molecule has 0 amide bonds. The lowest BCUT2D eigenvalue weighted by Crippen LogP contribution is -2.34. The second-order valence-electron chi connectivity index (χ2n) is 5.31. The van der Waals surface area contributed by atoms with Gasteiger partial charge in [-0.1, -0.05) is 39.0 Å². The first-order valence-corrected chi connectivity index (χ1v) is 7.19. The summed E-state index contributed by atoms with van der Waals surface area (Å²) in [5, 5.41) is 12.4. The van der Waals surface area contributed by atoms with Gasteiger partial charge in [0.1, 0.15) is 0 Å². The molecule has 2 unspecified atom stereocenters. The zero-order chi connectivity index (χ0) is 11.6. The van der Waals surface area contributed by atoms with E-state index in [1.165, 1.54) is 57.9 Å². The van der Waals surface area contributed by atoms with E-state index in [4.69, 9.17) is 5.11 Å². The van der Waals surface area contributed by atoms with Gasteiger partial charge in [0.05, 0.1) is 0 Å². The van der Waals surface area contributed by atoms with Crippen molar-refractivity contribution in [3.8, 4) is 0 Å². The van der Waals surface area contributed by atoms with E-state index in [1.54, 1.807) is 0 Å². The summed E-state index contributed by atoms with van der Waals surface area (Å²) in [6, 6.07) is 0.764. The predicted octanol–water partition coefficient (Wildman–Crippen LogP) is 3.10. The molecule has 0 aliphatic heterocycles. The summed E-state index contributed by atoms with van der Waals surface area (Å²) in [6.07, 6.45) is 11.7. The summed E-state index contributed by atoms with van der Waals surface area (Å²) in [5.74, 6) is 0.861. The Hall–Kier alpha value is -0.0800. The highest BCUT2D eigenvalue weighted by atomic mass is 16.2. The minimum atomic E-state index is 0.354. The molecule has 0 aromatic carbocycles. The maximum absolute atomic E-state index is 8.68. The van der Waals surface area contributed by atoms with Gasteiger partial charge in [0.25, 0.3) is 0 Å². The third kappa shape index (κ3) is 5.86. The van der Waals surface area contributed by atoms with Crippen LogP contribution in [0.15, 0.2) is 0 Å². The molecule has 0 radical (unpaired) electrons. The van der Waals surface area contributed by atoms with Gasteiger partial charge in [-0.05, 0) is 38.1 Å². The molecule has 96 valence electrons. The van der Waals surface area contributed by atoms with Gasteiger partial charge in [-0.15, -0.1) is 0 Å². The lowest BCUT2D eigenvalue weighted by molar-refractivity contribution is 0.281. The largest absolute Gasteiger partial charge is 0.396 e. The molecule has 2 atom stereocenters. The number of aliphatic hydroxyl groups excluding tert-OH is 1. The lowest BCUT2D eigenvalue weighted by Gasteiger charge is -2.22. The van der Waals surface area contributed by atoms with Crippen LogP contribution in [0, 0.1) is 5.92 Å². The highest BCUT2D eigenvalue weighted by Crippen LogP contribution is 2.22.